The van der Waals surface area contributed by atoms with Gasteiger partial charge in [0.2, 0.25) is 0 Å². The molecule has 7 nitrogen and oxygen atoms in total. The van der Waals surface area contributed by atoms with Gasteiger partial charge >= 0.3 is 0 Å². The standard InChI is InChI=1S/C24H25N3O4S/c1-3-27-15-14-17-8-11-19(16-22(17)27)25-24(28)18-9-12-20(13-10-18)32(29,30)26-21-6-4-5-7-23(21)31-2/h4-13,16,26H,3,14-15H2,1-2H3,(H,25,28). The third kappa shape index (κ3) is 4.40. The number of nitrogens with zero attached hydrogens (tertiary/aromatic N) is 1. The average molecular weight is 452 g/mol. The highest BCUT2D eigenvalue weighted by molar-refractivity contribution is 7.92. The molecule has 4 rings (SSSR count). The van der Waals surface area contributed by atoms with Crippen LogP contribution in [0, 0.1) is 0 Å². The Bertz CT molecular complexity index is 1240. The van der Waals surface area contributed by atoms with Gasteiger partial charge in [0.1, 0.15) is 5.75 Å². The minimum atomic E-state index is -3.83. The number of hydrogen-bond acceptors (Lipinski definition) is 5. The van der Waals surface area contributed by atoms with Gasteiger partial charge in [0, 0.05) is 30.0 Å². The minimum absolute atomic E-state index is 0.0519. The molecule has 1 aliphatic rings. The number of amides is 1. The van der Waals surface area contributed by atoms with Crippen LogP contribution in [0.5, 0.6) is 5.75 Å². The molecule has 1 heterocycles. The van der Waals surface area contributed by atoms with Crippen molar-refractivity contribution in [1.82, 2.24) is 0 Å². The van der Waals surface area contributed by atoms with E-state index in [1.807, 2.05) is 18.2 Å². The fraction of sp³-hybridized carbons (Fsp3) is 0.208. The third-order valence-electron chi connectivity index (χ3n) is 5.49. The number of para-hydroxylation sites is 2. The molecule has 0 spiro atoms. The number of fused-ring (bicyclic) bond motifs is 1. The molecule has 32 heavy (non-hydrogen) atoms. The van der Waals surface area contributed by atoms with Crippen molar-refractivity contribution in [3.8, 4) is 5.75 Å². The van der Waals surface area contributed by atoms with Crippen LogP contribution in [0.4, 0.5) is 17.1 Å². The van der Waals surface area contributed by atoms with Gasteiger partial charge < -0.3 is 15.0 Å². The van der Waals surface area contributed by atoms with Crippen LogP contribution in [0.15, 0.2) is 71.6 Å². The molecule has 8 heteroatoms. The quantitative estimate of drug-likeness (QED) is 0.564. The summed E-state index contributed by atoms with van der Waals surface area (Å²) in [4.78, 5) is 15.0. The van der Waals surface area contributed by atoms with E-state index in [-0.39, 0.29) is 10.8 Å². The Morgan fingerprint density at radius 1 is 1.06 bits per heavy atom. The van der Waals surface area contributed by atoms with Crippen LogP contribution in [0.1, 0.15) is 22.8 Å². The second-order valence-electron chi connectivity index (χ2n) is 7.46. The van der Waals surface area contributed by atoms with Crippen LogP contribution in [0.3, 0.4) is 0 Å². The number of ether oxygens (including phenoxy) is 1. The molecule has 166 valence electrons. The van der Waals surface area contributed by atoms with E-state index in [0.29, 0.717) is 22.7 Å². The number of carbonyl (C=O) groups excluding carboxylic acids is 1. The Morgan fingerprint density at radius 3 is 2.53 bits per heavy atom. The highest BCUT2D eigenvalue weighted by atomic mass is 32.2. The fourth-order valence-electron chi connectivity index (χ4n) is 3.77. The van der Waals surface area contributed by atoms with E-state index >= 15 is 0 Å². The number of methoxy groups -OCH3 is 1. The maximum absolute atomic E-state index is 12.7. The van der Waals surface area contributed by atoms with Crippen molar-refractivity contribution in [3.05, 3.63) is 77.9 Å². The van der Waals surface area contributed by atoms with E-state index in [1.165, 1.54) is 36.9 Å². The van der Waals surface area contributed by atoms with Gasteiger partial charge in [-0.15, -0.1) is 0 Å². The lowest BCUT2D eigenvalue weighted by Gasteiger charge is -2.17. The van der Waals surface area contributed by atoms with E-state index in [4.69, 9.17) is 4.74 Å². The molecule has 0 atom stereocenters. The largest absolute Gasteiger partial charge is 0.495 e. The van der Waals surface area contributed by atoms with E-state index in [2.05, 4.69) is 21.9 Å². The molecule has 0 radical (unpaired) electrons. The first-order chi connectivity index (χ1) is 15.4. The molecular formula is C24H25N3O4S. The van der Waals surface area contributed by atoms with Crippen molar-refractivity contribution >= 4 is 33.0 Å². The van der Waals surface area contributed by atoms with E-state index in [1.54, 1.807) is 24.3 Å². The van der Waals surface area contributed by atoms with Crippen molar-refractivity contribution in [3.63, 3.8) is 0 Å². The number of anilines is 3. The summed E-state index contributed by atoms with van der Waals surface area (Å²) in [5.74, 6) is 0.121. The zero-order valence-corrected chi connectivity index (χ0v) is 18.8. The summed E-state index contributed by atoms with van der Waals surface area (Å²) in [7, 11) is -2.36. The van der Waals surface area contributed by atoms with Crippen LogP contribution in [-0.2, 0) is 16.4 Å². The normalized spacial score (nSPS) is 12.9. The Kier molecular flexibility index (Phi) is 6.05. The fourth-order valence-corrected chi connectivity index (χ4v) is 4.84. The molecule has 0 unspecified atom stereocenters. The SMILES string of the molecule is CCN1CCc2ccc(NC(=O)c3ccc(S(=O)(=O)Nc4ccccc4OC)cc3)cc21. The molecule has 0 fully saturated rings. The summed E-state index contributed by atoms with van der Waals surface area (Å²) >= 11 is 0. The summed E-state index contributed by atoms with van der Waals surface area (Å²) in [6.45, 7) is 4.02. The van der Waals surface area contributed by atoms with Crippen LogP contribution < -0.4 is 19.7 Å². The predicted octanol–water partition coefficient (Wildman–Crippen LogP) is 4.13. The number of nitrogens with one attached hydrogen (secondary N) is 2. The third-order valence-corrected chi connectivity index (χ3v) is 6.88. The first-order valence-corrected chi connectivity index (χ1v) is 11.8. The van der Waals surface area contributed by atoms with Crippen molar-refractivity contribution in [1.29, 1.82) is 0 Å². The van der Waals surface area contributed by atoms with Crippen molar-refractivity contribution < 1.29 is 17.9 Å². The number of sulfonamides is 1. The van der Waals surface area contributed by atoms with Crippen molar-refractivity contribution in [2.24, 2.45) is 0 Å². The van der Waals surface area contributed by atoms with Crippen molar-refractivity contribution in [2.75, 3.05) is 35.1 Å². The van der Waals surface area contributed by atoms with Crippen LogP contribution >= 0.6 is 0 Å². The topological polar surface area (TPSA) is 87.7 Å². The molecule has 0 aromatic heterocycles. The van der Waals surface area contributed by atoms with E-state index in [9.17, 15) is 13.2 Å². The summed E-state index contributed by atoms with van der Waals surface area (Å²) in [6, 6.07) is 18.5. The summed E-state index contributed by atoms with van der Waals surface area (Å²) in [5.41, 5.74) is 3.85. The van der Waals surface area contributed by atoms with Gasteiger partial charge in [0.05, 0.1) is 17.7 Å². The summed E-state index contributed by atoms with van der Waals surface area (Å²) in [6.07, 6.45) is 1.01. The second kappa shape index (κ2) is 8.92. The van der Waals surface area contributed by atoms with E-state index in [0.717, 1.165) is 25.2 Å². The Labute approximate surface area is 188 Å². The molecule has 1 amide bonds. The van der Waals surface area contributed by atoms with Gasteiger partial charge in [0.25, 0.3) is 15.9 Å². The van der Waals surface area contributed by atoms with Gasteiger partial charge in [-0.3, -0.25) is 9.52 Å². The van der Waals surface area contributed by atoms with Crippen LogP contribution in [0.25, 0.3) is 0 Å². The van der Waals surface area contributed by atoms with Gasteiger partial charge in [0.15, 0.2) is 0 Å². The zero-order chi connectivity index (χ0) is 22.7. The molecule has 3 aromatic rings. The lowest BCUT2D eigenvalue weighted by Crippen LogP contribution is -2.19. The van der Waals surface area contributed by atoms with Gasteiger partial charge in [-0.05, 0) is 67.4 Å². The van der Waals surface area contributed by atoms with Crippen LogP contribution in [-0.4, -0.2) is 34.5 Å². The Balaban J connectivity index is 1.48. The molecular weight excluding hydrogens is 426 g/mol. The molecule has 1 aliphatic heterocycles. The van der Waals surface area contributed by atoms with Crippen LogP contribution in [0.2, 0.25) is 0 Å². The average Bonchev–Trinajstić information content (AvgIpc) is 3.21. The maximum atomic E-state index is 12.7. The predicted molar refractivity (Wildman–Crippen MR) is 126 cm³/mol. The first-order valence-electron chi connectivity index (χ1n) is 10.4. The number of rotatable bonds is 7. The summed E-state index contributed by atoms with van der Waals surface area (Å²) in [5, 5.41) is 2.90. The number of likely N-dealkylation sites (N-methyl/N-ethyl adjacent to an activating group) is 1. The smallest absolute Gasteiger partial charge is 0.262 e. The highest BCUT2D eigenvalue weighted by Gasteiger charge is 2.19. The monoisotopic (exact) mass is 451 g/mol. The summed E-state index contributed by atoms with van der Waals surface area (Å²) < 4.78 is 33.2. The molecule has 3 aromatic carbocycles. The zero-order valence-electron chi connectivity index (χ0n) is 18.0. The lowest BCUT2D eigenvalue weighted by atomic mass is 10.1. The van der Waals surface area contributed by atoms with Gasteiger partial charge in [-0.1, -0.05) is 18.2 Å². The number of hydrogen-bond donors (Lipinski definition) is 2. The Morgan fingerprint density at radius 2 is 1.81 bits per heavy atom. The van der Waals surface area contributed by atoms with Crippen molar-refractivity contribution in [2.45, 2.75) is 18.2 Å². The lowest BCUT2D eigenvalue weighted by molar-refractivity contribution is 0.102. The highest BCUT2D eigenvalue weighted by Crippen LogP contribution is 2.31. The maximum Gasteiger partial charge on any atom is 0.262 e. The molecule has 0 bridgehead atoms. The van der Waals surface area contributed by atoms with Gasteiger partial charge in [-0.2, -0.15) is 0 Å². The molecule has 2 N–H and O–H groups in total. The molecule has 0 saturated heterocycles. The van der Waals surface area contributed by atoms with E-state index < -0.39 is 10.0 Å². The minimum Gasteiger partial charge on any atom is -0.495 e. The Hall–Kier alpha value is -3.52. The number of benzene rings is 3. The number of carbonyl (C=O) groups is 1. The first kappa shape index (κ1) is 21.7. The second-order valence-corrected chi connectivity index (χ2v) is 9.14. The van der Waals surface area contributed by atoms with Gasteiger partial charge in [-0.25, -0.2) is 8.42 Å². The molecule has 0 saturated carbocycles. The molecule has 0 aliphatic carbocycles.